The summed E-state index contributed by atoms with van der Waals surface area (Å²) in [7, 11) is 0. The molecular formula is C21H33BrFNO3. The fourth-order valence-electron chi connectivity index (χ4n) is 3.50. The Morgan fingerprint density at radius 2 is 2.00 bits per heavy atom. The van der Waals surface area contributed by atoms with Gasteiger partial charge >= 0.3 is 6.09 Å². The van der Waals surface area contributed by atoms with Gasteiger partial charge in [0.1, 0.15) is 17.5 Å². The first-order chi connectivity index (χ1) is 12.3. The van der Waals surface area contributed by atoms with Gasteiger partial charge < -0.3 is 14.4 Å². The van der Waals surface area contributed by atoms with Gasteiger partial charge in [0.15, 0.2) is 0 Å². The van der Waals surface area contributed by atoms with Gasteiger partial charge in [0.25, 0.3) is 0 Å². The molecule has 2 atom stereocenters. The van der Waals surface area contributed by atoms with Crippen LogP contribution in [0.1, 0.15) is 72.1 Å². The van der Waals surface area contributed by atoms with Crippen molar-refractivity contribution < 1.29 is 18.7 Å². The summed E-state index contributed by atoms with van der Waals surface area (Å²) in [5.74, 6) is -0.270. The quantitative estimate of drug-likeness (QED) is 0.511. The minimum Gasteiger partial charge on any atom is -0.444 e. The van der Waals surface area contributed by atoms with E-state index in [4.69, 9.17) is 9.47 Å². The molecule has 0 aromatic heterocycles. The van der Waals surface area contributed by atoms with E-state index in [0.717, 1.165) is 22.9 Å². The Morgan fingerprint density at radius 1 is 1.33 bits per heavy atom. The van der Waals surface area contributed by atoms with Gasteiger partial charge in [-0.25, -0.2) is 9.18 Å². The van der Waals surface area contributed by atoms with E-state index in [2.05, 4.69) is 15.9 Å². The Hall–Kier alpha value is -1.14. The Kier molecular flexibility index (Phi) is 8.74. The molecule has 2 heterocycles. The molecule has 0 radical (unpaired) electrons. The molecule has 2 unspecified atom stereocenters. The summed E-state index contributed by atoms with van der Waals surface area (Å²) in [6.45, 7) is 10.7. The van der Waals surface area contributed by atoms with E-state index in [1.807, 2.05) is 34.6 Å². The number of fused-ring (bicyclic) bond motifs is 1. The first-order valence-electron chi connectivity index (χ1n) is 9.36. The lowest BCUT2D eigenvalue weighted by Crippen LogP contribution is -2.44. The number of nitrogens with zero attached hydrogens (tertiary/aromatic N) is 1. The molecule has 0 aliphatic carbocycles. The van der Waals surface area contributed by atoms with Crippen molar-refractivity contribution in [3.63, 3.8) is 0 Å². The molecule has 0 spiro atoms. The van der Waals surface area contributed by atoms with E-state index in [-0.39, 0.29) is 25.4 Å². The van der Waals surface area contributed by atoms with Crippen molar-refractivity contribution in [2.24, 2.45) is 0 Å². The van der Waals surface area contributed by atoms with Crippen molar-refractivity contribution in [1.29, 1.82) is 0 Å². The van der Waals surface area contributed by atoms with Crippen molar-refractivity contribution in [1.82, 2.24) is 4.90 Å². The van der Waals surface area contributed by atoms with Crippen molar-refractivity contribution in [3.05, 3.63) is 33.5 Å². The van der Waals surface area contributed by atoms with Gasteiger partial charge in [0.05, 0.1) is 12.6 Å². The van der Waals surface area contributed by atoms with E-state index in [1.165, 1.54) is 6.07 Å². The minimum atomic E-state index is -0.552. The minimum absolute atomic E-state index is 0. The van der Waals surface area contributed by atoms with Crippen LogP contribution in [0.2, 0.25) is 0 Å². The van der Waals surface area contributed by atoms with Crippen LogP contribution in [0.5, 0.6) is 0 Å². The first-order valence-corrected chi connectivity index (χ1v) is 10.2. The molecule has 27 heavy (non-hydrogen) atoms. The summed E-state index contributed by atoms with van der Waals surface area (Å²) in [5, 5.41) is 0. The second-order valence-electron chi connectivity index (χ2n) is 7.35. The summed E-state index contributed by atoms with van der Waals surface area (Å²) < 4.78 is 26.9. The number of hydrogen-bond donors (Lipinski definition) is 0. The number of hydrogen-bond acceptors (Lipinski definition) is 3. The number of likely N-dealkylation sites (tertiary alicyclic amines) is 1. The van der Waals surface area contributed by atoms with Crippen LogP contribution in [0.15, 0.2) is 16.6 Å². The molecule has 6 heteroatoms. The average Bonchev–Trinajstić information content (AvgIpc) is 3.08. The van der Waals surface area contributed by atoms with Gasteiger partial charge in [-0.1, -0.05) is 37.2 Å². The van der Waals surface area contributed by atoms with Crippen LogP contribution in [-0.2, 0) is 15.9 Å². The molecule has 0 N–H and O–H groups in total. The summed E-state index contributed by atoms with van der Waals surface area (Å²) in [4.78, 5) is 14.2. The molecule has 0 bridgehead atoms. The second kappa shape index (κ2) is 9.87. The SMILES string of the molecule is C.CC.CC(C)(C)OC(=O)N1CCCC1C1OCCc2c(Br)ccc(F)c21. The number of ether oxygens (including phenoxy) is 2. The van der Waals surface area contributed by atoms with Crippen LogP contribution >= 0.6 is 15.9 Å². The summed E-state index contributed by atoms with van der Waals surface area (Å²) in [5.41, 5.74) is 0.975. The van der Waals surface area contributed by atoms with Gasteiger partial charge in [0, 0.05) is 16.6 Å². The van der Waals surface area contributed by atoms with E-state index in [0.29, 0.717) is 25.1 Å². The van der Waals surface area contributed by atoms with Crippen LogP contribution in [0.3, 0.4) is 0 Å². The Bertz CT molecular complexity index is 645. The third-order valence-corrected chi connectivity index (χ3v) is 5.20. The largest absolute Gasteiger partial charge is 0.444 e. The Morgan fingerprint density at radius 3 is 2.63 bits per heavy atom. The summed E-state index contributed by atoms with van der Waals surface area (Å²) in [6.07, 6.45) is 1.53. The lowest BCUT2D eigenvalue weighted by atomic mass is 9.91. The number of halogens is 2. The monoisotopic (exact) mass is 445 g/mol. The number of carbonyl (C=O) groups excluding carboxylic acids is 1. The first kappa shape index (κ1) is 23.9. The molecule has 1 aromatic rings. The van der Waals surface area contributed by atoms with Crippen LogP contribution in [0.25, 0.3) is 0 Å². The van der Waals surface area contributed by atoms with Crippen molar-refractivity contribution in [2.75, 3.05) is 13.2 Å². The number of amides is 1. The van der Waals surface area contributed by atoms with Crippen LogP contribution in [0, 0.1) is 5.82 Å². The standard InChI is InChI=1S/C18H23BrFNO3.C2H6.CH4/c1-18(2,3)24-17(22)21-9-4-5-14(21)16-15-11(8-10-23-16)12(19)6-7-13(15)20;1-2;/h6-7,14,16H,4-5,8-10H2,1-3H3;1-2H3;1H4. The van der Waals surface area contributed by atoms with Gasteiger partial charge in [0.2, 0.25) is 0 Å². The van der Waals surface area contributed by atoms with E-state index >= 15 is 0 Å². The molecule has 1 aromatic carbocycles. The van der Waals surface area contributed by atoms with Gasteiger partial charge in [-0.2, -0.15) is 0 Å². The van der Waals surface area contributed by atoms with E-state index in [9.17, 15) is 9.18 Å². The smallest absolute Gasteiger partial charge is 0.410 e. The van der Waals surface area contributed by atoms with E-state index in [1.54, 1.807) is 11.0 Å². The highest BCUT2D eigenvalue weighted by molar-refractivity contribution is 9.10. The van der Waals surface area contributed by atoms with Gasteiger partial charge in [-0.3, -0.25) is 0 Å². The van der Waals surface area contributed by atoms with Crippen LogP contribution in [-0.4, -0.2) is 35.8 Å². The van der Waals surface area contributed by atoms with Crippen molar-refractivity contribution in [2.45, 2.75) is 79.1 Å². The molecule has 3 rings (SSSR count). The van der Waals surface area contributed by atoms with Gasteiger partial charge in [-0.15, -0.1) is 0 Å². The summed E-state index contributed by atoms with van der Waals surface area (Å²) >= 11 is 3.51. The van der Waals surface area contributed by atoms with Gasteiger partial charge in [-0.05, 0) is 57.7 Å². The lowest BCUT2D eigenvalue weighted by molar-refractivity contribution is -0.0282. The van der Waals surface area contributed by atoms with Crippen molar-refractivity contribution >= 4 is 22.0 Å². The maximum atomic E-state index is 14.5. The topological polar surface area (TPSA) is 38.8 Å². The third-order valence-electron chi connectivity index (χ3n) is 4.46. The Balaban J connectivity index is 0.00000118. The molecular weight excluding hydrogens is 413 g/mol. The second-order valence-corrected chi connectivity index (χ2v) is 8.20. The highest BCUT2D eigenvalue weighted by Crippen LogP contribution is 2.40. The van der Waals surface area contributed by atoms with Crippen LogP contribution in [0.4, 0.5) is 9.18 Å². The zero-order valence-corrected chi connectivity index (χ0v) is 17.9. The summed E-state index contributed by atoms with van der Waals surface area (Å²) in [6, 6.07) is 3.00. The highest BCUT2D eigenvalue weighted by atomic mass is 79.9. The molecule has 0 saturated carbocycles. The maximum Gasteiger partial charge on any atom is 0.410 e. The van der Waals surface area contributed by atoms with E-state index < -0.39 is 11.7 Å². The molecule has 4 nitrogen and oxygen atoms in total. The average molecular weight is 446 g/mol. The number of benzene rings is 1. The fraction of sp³-hybridized carbons (Fsp3) is 0.667. The maximum absolute atomic E-state index is 14.5. The molecule has 1 fully saturated rings. The van der Waals surface area contributed by atoms with Crippen molar-refractivity contribution in [3.8, 4) is 0 Å². The molecule has 1 saturated heterocycles. The third kappa shape index (κ3) is 5.44. The molecule has 2 aliphatic rings. The lowest BCUT2D eigenvalue weighted by Gasteiger charge is -2.36. The fourth-order valence-corrected chi connectivity index (χ4v) is 4.04. The molecule has 2 aliphatic heterocycles. The normalized spacial score (nSPS) is 21.5. The Labute approximate surface area is 171 Å². The molecule has 1 amide bonds. The highest BCUT2D eigenvalue weighted by Gasteiger charge is 2.41. The van der Waals surface area contributed by atoms with Crippen LogP contribution < -0.4 is 0 Å². The zero-order chi connectivity index (χ0) is 19.5. The number of rotatable bonds is 1. The zero-order valence-electron chi connectivity index (χ0n) is 16.3. The predicted molar refractivity (Wildman–Crippen MR) is 111 cm³/mol. The number of carbonyl (C=O) groups is 1. The molecule has 154 valence electrons. The predicted octanol–water partition coefficient (Wildman–Crippen LogP) is 6.26.